The van der Waals surface area contributed by atoms with Crippen molar-refractivity contribution in [3.8, 4) is 22.6 Å². The maximum atomic E-state index is 14.0. The van der Waals surface area contributed by atoms with Gasteiger partial charge in [-0.25, -0.2) is 23.7 Å². The lowest BCUT2D eigenvalue weighted by molar-refractivity contribution is -0.148. The average Bonchev–Trinajstić information content (AvgIpc) is 3.27. The molecule has 4 aromatic rings. The summed E-state index contributed by atoms with van der Waals surface area (Å²) in [6.45, 7) is 0. The van der Waals surface area contributed by atoms with Crippen LogP contribution in [0, 0.1) is 29.4 Å². The quantitative estimate of drug-likeness (QED) is 0.308. The van der Waals surface area contributed by atoms with Crippen molar-refractivity contribution in [2.45, 2.75) is 31.7 Å². The monoisotopic (exact) mass is 509 g/mol. The summed E-state index contributed by atoms with van der Waals surface area (Å²) in [4.78, 5) is 28.6. The molecular formula is C26H22ClF2N5O2. The van der Waals surface area contributed by atoms with Crippen LogP contribution in [0.3, 0.4) is 0 Å². The Morgan fingerprint density at radius 2 is 1.81 bits per heavy atom. The van der Waals surface area contributed by atoms with Gasteiger partial charge in [0, 0.05) is 34.8 Å². The van der Waals surface area contributed by atoms with Crippen LogP contribution in [0.25, 0.3) is 33.7 Å². The zero-order valence-corrected chi connectivity index (χ0v) is 19.8. The van der Waals surface area contributed by atoms with E-state index in [1.165, 1.54) is 24.3 Å². The topological polar surface area (TPSA) is 104 Å². The largest absolute Gasteiger partial charge is 0.481 e. The van der Waals surface area contributed by atoms with Gasteiger partial charge in [0.25, 0.3) is 0 Å². The Morgan fingerprint density at radius 1 is 1.03 bits per heavy atom. The molecular weight excluding hydrogens is 488 g/mol. The van der Waals surface area contributed by atoms with Crippen LogP contribution in [0.2, 0.25) is 5.02 Å². The molecule has 0 aliphatic heterocycles. The number of anilines is 1. The Kier molecular flexibility index (Phi) is 5.59. The zero-order chi connectivity index (χ0) is 25.0. The number of benzene rings is 1. The third kappa shape index (κ3) is 3.97. The summed E-state index contributed by atoms with van der Waals surface area (Å²) in [6.07, 6.45) is 6.53. The zero-order valence-electron chi connectivity index (χ0n) is 19.0. The molecule has 0 saturated heterocycles. The number of pyridine rings is 1. The highest BCUT2D eigenvalue weighted by Crippen LogP contribution is 2.46. The number of carboxylic acids is 1. The molecule has 3 saturated carbocycles. The molecule has 7 rings (SSSR count). The van der Waals surface area contributed by atoms with Crippen molar-refractivity contribution in [2.24, 2.45) is 17.8 Å². The Balaban J connectivity index is 1.48. The van der Waals surface area contributed by atoms with Gasteiger partial charge in [-0.05, 0) is 61.8 Å². The highest BCUT2D eigenvalue weighted by molar-refractivity contribution is 6.33. The molecule has 3 heterocycles. The molecule has 3 fully saturated rings. The van der Waals surface area contributed by atoms with Crippen molar-refractivity contribution in [1.29, 1.82) is 0 Å². The fourth-order valence-electron chi connectivity index (χ4n) is 5.82. The van der Waals surface area contributed by atoms with Crippen molar-refractivity contribution >= 4 is 34.4 Å². The maximum absolute atomic E-state index is 14.0. The van der Waals surface area contributed by atoms with E-state index in [1.807, 2.05) is 0 Å². The van der Waals surface area contributed by atoms with E-state index in [0.717, 1.165) is 31.9 Å². The Hall–Kier alpha value is -3.59. The number of nitrogens with one attached hydrogen (secondary N) is 2. The van der Waals surface area contributed by atoms with Gasteiger partial charge in [-0.2, -0.15) is 0 Å². The van der Waals surface area contributed by atoms with Gasteiger partial charge in [-0.1, -0.05) is 11.6 Å². The van der Waals surface area contributed by atoms with Gasteiger partial charge in [-0.3, -0.25) is 4.79 Å². The standard InChI is InChI=1S/C26H22ClF2N5O2/c27-19-8-14(28)5-6-16(19)20-9-21(33-23-13-3-1-12(2-4-13)22(23)26(35)36)34-25(32-20)18-11-31-24-17(18)7-15(29)10-30-24/h5-13,22-23H,1-4H2,(H,30,31)(H,35,36)(H,32,33,34). The van der Waals surface area contributed by atoms with Crippen molar-refractivity contribution in [1.82, 2.24) is 19.9 Å². The number of carboxylic acid groups (broad SMARTS) is 1. The molecule has 3 aromatic heterocycles. The molecule has 2 unspecified atom stereocenters. The van der Waals surface area contributed by atoms with Crippen molar-refractivity contribution < 1.29 is 18.7 Å². The minimum absolute atomic E-state index is 0.125. The lowest BCUT2D eigenvalue weighted by Gasteiger charge is -2.47. The van der Waals surface area contributed by atoms with E-state index in [4.69, 9.17) is 16.6 Å². The average molecular weight is 510 g/mol. The Labute approximate surface area is 210 Å². The molecule has 3 N–H and O–H groups in total. The van der Waals surface area contributed by atoms with Crippen LogP contribution in [-0.2, 0) is 4.79 Å². The Morgan fingerprint density at radius 3 is 2.56 bits per heavy atom. The number of halogens is 3. The molecule has 1 aromatic carbocycles. The molecule has 36 heavy (non-hydrogen) atoms. The van der Waals surface area contributed by atoms with Gasteiger partial charge in [0.15, 0.2) is 5.82 Å². The number of nitrogens with zero attached hydrogens (tertiary/aromatic N) is 3. The molecule has 3 aliphatic carbocycles. The lowest BCUT2D eigenvalue weighted by atomic mass is 9.61. The van der Waals surface area contributed by atoms with Gasteiger partial charge in [0.2, 0.25) is 0 Å². The first-order chi connectivity index (χ1) is 17.4. The predicted molar refractivity (Wildman–Crippen MR) is 131 cm³/mol. The van der Waals surface area contributed by atoms with Crippen LogP contribution in [0.5, 0.6) is 0 Å². The SMILES string of the molecule is O=C(O)C1C2CCC(CC2)C1Nc1cc(-c2ccc(F)cc2Cl)nc(-c2c[nH]c3ncc(F)cc23)n1. The number of hydrogen-bond donors (Lipinski definition) is 3. The number of hydrogen-bond acceptors (Lipinski definition) is 5. The summed E-state index contributed by atoms with van der Waals surface area (Å²) in [7, 11) is 0. The van der Waals surface area contributed by atoms with Crippen LogP contribution in [-0.4, -0.2) is 37.1 Å². The number of H-pyrrole nitrogens is 1. The molecule has 10 heteroatoms. The van der Waals surface area contributed by atoms with E-state index in [9.17, 15) is 18.7 Å². The summed E-state index contributed by atoms with van der Waals surface area (Å²) in [5, 5.41) is 14.1. The second-order valence-corrected chi connectivity index (χ2v) is 9.95. The Bertz CT molecular complexity index is 1480. The third-order valence-corrected chi connectivity index (χ3v) is 7.80. The van der Waals surface area contributed by atoms with Gasteiger partial charge in [-0.15, -0.1) is 0 Å². The summed E-state index contributed by atoms with van der Waals surface area (Å²) < 4.78 is 27.7. The normalized spacial score (nSPS) is 23.2. The summed E-state index contributed by atoms with van der Waals surface area (Å²) >= 11 is 6.35. The molecule has 0 amide bonds. The van der Waals surface area contributed by atoms with Crippen LogP contribution in [0.4, 0.5) is 14.6 Å². The predicted octanol–water partition coefficient (Wildman–Crippen LogP) is 5.92. The molecule has 7 nitrogen and oxygen atoms in total. The van der Waals surface area contributed by atoms with E-state index >= 15 is 0 Å². The first-order valence-corrected chi connectivity index (χ1v) is 12.2. The first kappa shape index (κ1) is 22.8. The van der Waals surface area contributed by atoms with Crippen molar-refractivity contribution in [3.05, 3.63) is 59.4 Å². The van der Waals surface area contributed by atoms with E-state index in [2.05, 4.69) is 20.3 Å². The van der Waals surface area contributed by atoms with Gasteiger partial charge >= 0.3 is 5.97 Å². The number of aromatic amines is 1. The van der Waals surface area contributed by atoms with Crippen molar-refractivity contribution in [3.63, 3.8) is 0 Å². The van der Waals surface area contributed by atoms with Crippen LogP contribution >= 0.6 is 11.6 Å². The fourth-order valence-corrected chi connectivity index (χ4v) is 6.09. The number of aliphatic carboxylic acids is 1. The van der Waals surface area contributed by atoms with E-state index in [1.54, 1.807) is 12.3 Å². The van der Waals surface area contributed by atoms with E-state index < -0.39 is 23.5 Å². The lowest BCUT2D eigenvalue weighted by Crippen LogP contribution is -2.51. The van der Waals surface area contributed by atoms with Gasteiger partial charge < -0.3 is 15.4 Å². The van der Waals surface area contributed by atoms with Gasteiger partial charge in [0.1, 0.15) is 23.1 Å². The number of aromatic nitrogens is 4. The molecule has 2 bridgehead atoms. The third-order valence-electron chi connectivity index (χ3n) is 7.49. The minimum Gasteiger partial charge on any atom is -0.481 e. The smallest absolute Gasteiger partial charge is 0.308 e. The fraction of sp³-hybridized carbons (Fsp3) is 0.308. The van der Waals surface area contributed by atoms with Crippen LogP contribution in [0.15, 0.2) is 42.7 Å². The van der Waals surface area contributed by atoms with Crippen LogP contribution < -0.4 is 5.32 Å². The van der Waals surface area contributed by atoms with E-state index in [-0.39, 0.29) is 28.7 Å². The molecule has 2 atom stereocenters. The second-order valence-electron chi connectivity index (χ2n) is 9.55. The van der Waals surface area contributed by atoms with Gasteiger partial charge in [0.05, 0.1) is 22.8 Å². The number of fused-ring (bicyclic) bond motifs is 4. The van der Waals surface area contributed by atoms with Crippen LogP contribution in [0.1, 0.15) is 25.7 Å². The highest BCUT2D eigenvalue weighted by atomic mass is 35.5. The van der Waals surface area contributed by atoms with Crippen molar-refractivity contribution in [2.75, 3.05) is 5.32 Å². The molecule has 0 radical (unpaired) electrons. The first-order valence-electron chi connectivity index (χ1n) is 11.8. The maximum Gasteiger partial charge on any atom is 0.308 e. The minimum atomic E-state index is -0.809. The second kappa shape index (κ2) is 8.81. The summed E-state index contributed by atoms with van der Waals surface area (Å²) in [5.41, 5.74) is 1.93. The molecule has 0 spiro atoms. The highest BCUT2D eigenvalue weighted by Gasteiger charge is 2.47. The van der Waals surface area contributed by atoms with E-state index in [0.29, 0.717) is 33.7 Å². The molecule has 184 valence electrons. The molecule has 3 aliphatic rings. The summed E-state index contributed by atoms with van der Waals surface area (Å²) in [6, 6.07) is 6.79. The summed E-state index contributed by atoms with van der Waals surface area (Å²) in [5.74, 6) is -1.24. The number of rotatable bonds is 5. The number of carbonyl (C=O) groups is 1.